The first-order valence-electron chi connectivity index (χ1n) is 9.93. The lowest BCUT2D eigenvalue weighted by atomic mass is 9.84. The van der Waals surface area contributed by atoms with Gasteiger partial charge in [0.1, 0.15) is 17.5 Å². The zero-order valence-electron chi connectivity index (χ0n) is 17.1. The Labute approximate surface area is 176 Å². The van der Waals surface area contributed by atoms with Crippen LogP contribution in [0.2, 0.25) is 0 Å². The maximum Gasteiger partial charge on any atom is 0.210 e. The number of nitrogens with zero attached hydrogens (tertiary/aromatic N) is 2. The van der Waals surface area contributed by atoms with E-state index >= 15 is 0 Å². The Morgan fingerprint density at radius 3 is 2.33 bits per heavy atom. The second kappa shape index (κ2) is 8.75. The summed E-state index contributed by atoms with van der Waals surface area (Å²) in [5.74, 6) is 2.12. The zero-order valence-corrected chi connectivity index (χ0v) is 17.1. The lowest BCUT2D eigenvalue weighted by molar-refractivity contribution is 0.414. The van der Waals surface area contributed by atoms with E-state index in [4.69, 9.17) is 19.7 Å². The molecule has 6 heteroatoms. The number of allylic oxidation sites excluding steroid dienone is 1. The van der Waals surface area contributed by atoms with Crippen molar-refractivity contribution in [2.75, 3.05) is 14.2 Å². The van der Waals surface area contributed by atoms with Crippen molar-refractivity contribution in [3.05, 3.63) is 76.5 Å². The molecule has 2 aliphatic rings. The highest BCUT2D eigenvalue weighted by atomic mass is 16.5. The van der Waals surface area contributed by atoms with E-state index in [1.165, 1.54) is 11.1 Å². The fourth-order valence-electron chi connectivity index (χ4n) is 3.94. The minimum absolute atomic E-state index is 0.137. The first-order chi connectivity index (χ1) is 14.7. The Morgan fingerprint density at radius 2 is 1.70 bits per heavy atom. The highest BCUT2D eigenvalue weighted by Crippen LogP contribution is 2.40. The van der Waals surface area contributed by atoms with Crippen LogP contribution < -0.4 is 20.1 Å². The summed E-state index contributed by atoms with van der Waals surface area (Å²) in [6.45, 7) is 0. The highest BCUT2D eigenvalue weighted by Gasteiger charge is 2.29. The van der Waals surface area contributed by atoms with Crippen LogP contribution in [-0.4, -0.2) is 20.2 Å². The number of hydrogen-bond donors (Lipinski definition) is 2. The van der Waals surface area contributed by atoms with E-state index in [0.717, 1.165) is 47.6 Å². The normalized spacial score (nSPS) is 19.3. The lowest BCUT2D eigenvalue weighted by Gasteiger charge is -2.32. The standard InChI is InChI=1S/C24H24N4O2/c1-29-19-10-6-16(7-11-19)14-18-4-3-5-21-22(17-8-12-20(30-2)13-9-17)27-24(26-15-25)28-23(18)21/h6-14,22H,3-5H2,1-2H3,(H2,26,27,28)/b18-14-/t22-/m1/s1. The Morgan fingerprint density at radius 1 is 1.03 bits per heavy atom. The predicted octanol–water partition coefficient (Wildman–Crippen LogP) is 4.30. The molecule has 1 aliphatic carbocycles. The van der Waals surface area contributed by atoms with E-state index in [0.29, 0.717) is 5.96 Å². The first kappa shape index (κ1) is 19.6. The van der Waals surface area contributed by atoms with Crippen LogP contribution >= 0.6 is 0 Å². The SMILES string of the molecule is COc1ccc(/C=C2/CCCC3=C2NC(NC#N)=N[C@@H]3c2ccc(OC)cc2)cc1. The summed E-state index contributed by atoms with van der Waals surface area (Å²) in [4.78, 5) is 4.78. The molecule has 1 atom stereocenters. The van der Waals surface area contributed by atoms with Crippen molar-refractivity contribution in [3.8, 4) is 17.7 Å². The van der Waals surface area contributed by atoms with E-state index in [9.17, 15) is 0 Å². The summed E-state index contributed by atoms with van der Waals surface area (Å²) in [6, 6.07) is 15.8. The number of guanidine groups is 1. The maximum absolute atomic E-state index is 9.15. The Bertz CT molecular complexity index is 1040. The van der Waals surface area contributed by atoms with Crippen LogP contribution in [0.4, 0.5) is 0 Å². The Hall–Kier alpha value is -3.72. The van der Waals surface area contributed by atoms with Crippen LogP contribution in [0, 0.1) is 11.5 Å². The molecule has 1 heterocycles. The van der Waals surface area contributed by atoms with Crippen LogP contribution in [0.1, 0.15) is 36.4 Å². The molecule has 1 aliphatic heterocycles. The number of benzene rings is 2. The molecule has 152 valence electrons. The quantitative estimate of drug-likeness (QED) is 0.591. The highest BCUT2D eigenvalue weighted by molar-refractivity contribution is 5.86. The molecular weight excluding hydrogens is 376 g/mol. The van der Waals surface area contributed by atoms with Crippen LogP contribution in [0.5, 0.6) is 11.5 Å². The van der Waals surface area contributed by atoms with Crippen molar-refractivity contribution in [1.82, 2.24) is 10.6 Å². The second-order valence-electron chi connectivity index (χ2n) is 7.21. The van der Waals surface area contributed by atoms with Gasteiger partial charge in [-0.3, -0.25) is 5.32 Å². The molecule has 0 saturated carbocycles. The molecule has 0 radical (unpaired) electrons. The summed E-state index contributed by atoms with van der Waals surface area (Å²) in [6.07, 6.45) is 7.16. The smallest absolute Gasteiger partial charge is 0.210 e. The van der Waals surface area contributed by atoms with Gasteiger partial charge in [0.2, 0.25) is 5.96 Å². The van der Waals surface area contributed by atoms with Gasteiger partial charge in [-0.15, -0.1) is 0 Å². The molecule has 2 aromatic carbocycles. The predicted molar refractivity (Wildman–Crippen MR) is 117 cm³/mol. The van der Waals surface area contributed by atoms with Crippen molar-refractivity contribution in [3.63, 3.8) is 0 Å². The van der Waals surface area contributed by atoms with Crippen molar-refractivity contribution >= 4 is 12.0 Å². The van der Waals surface area contributed by atoms with Gasteiger partial charge >= 0.3 is 0 Å². The third-order valence-corrected chi connectivity index (χ3v) is 5.43. The van der Waals surface area contributed by atoms with Crippen LogP contribution in [0.25, 0.3) is 6.08 Å². The number of ether oxygens (including phenoxy) is 2. The number of methoxy groups -OCH3 is 2. The average Bonchev–Trinajstić information content (AvgIpc) is 2.80. The second-order valence-corrected chi connectivity index (χ2v) is 7.21. The van der Waals surface area contributed by atoms with Gasteiger partial charge < -0.3 is 14.8 Å². The molecule has 0 spiro atoms. The molecule has 0 fully saturated rings. The van der Waals surface area contributed by atoms with E-state index in [2.05, 4.69) is 16.7 Å². The number of aliphatic imine (C=N–C) groups is 1. The molecule has 0 aromatic heterocycles. The zero-order chi connectivity index (χ0) is 20.9. The molecular formula is C24H24N4O2. The van der Waals surface area contributed by atoms with Crippen molar-refractivity contribution < 1.29 is 9.47 Å². The van der Waals surface area contributed by atoms with Gasteiger partial charge in [0.15, 0.2) is 6.19 Å². The molecule has 30 heavy (non-hydrogen) atoms. The third kappa shape index (κ3) is 4.01. The van der Waals surface area contributed by atoms with E-state index in [1.807, 2.05) is 54.7 Å². The van der Waals surface area contributed by atoms with Gasteiger partial charge in [0.25, 0.3) is 0 Å². The van der Waals surface area contributed by atoms with E-state index in [-0.39, 0.29) is 6.04 Å². The minimum Gasteiger partial charge on any atom is -0.497 e. The van der Waals surface area contributed by atoms with Gasteiger partial charge in [-0.1, -0.05) is 24.3 Å². The summed E-state index contributed by atoms with van der Waals surface area (Å²) in [5, 5.41) is 15.2. The van der Waals surface area contributed by atoms with Gasteiger partial charge in [-0.25, -0.2) is 4.99 Å². The summed E-state index contributed by atoms with van der Waals surface area (Å²) in [5.41, 5.74) is 5.71. The topological polar surface area (TPSA) is 78.7 Å². The van der Waals surface area contributed by atoms with Crippen LogP contribution in [0.3, 0.4) is 0 Å². The van der Waals surface area contributed by atoms with Gasteiger partial charge in [-0.05, 0) is 71.9 Å². The molecule has 2 aromatic rings. The van der Waals surface area contributed by atoms with Crippen molar-refractivity contribution in [2.24, 2.45) is 4.99 Å². The Balaban J connectivity index is 1.73. The number of nitrogens with one attached hydrogen (secondary N) is 2. The molecule has 0 amide bonds. The number of hydrogen-bond acceptors (Lipinski definition) is 6. The van der Waals surface area contributed by atoms with Crippen LogP contribution in [-0.2, 0) is 0 Å². The summed E-state index contributed by atoms with van der Waals surface area (Å²) < 4.78 is 10.5. The fraction of sp³-hybridized carbons (Fsp3) is 0.250. The number of rotatable bonds is 4. The third-order valence-electron chi connectivity index (χ3n) is 5.43. The summed E-state index contributed by atoms with van der Waals surface area (Å²) in [7, 11) is 3.32. The minimum atomic E-state index is -0.137. The largest absolute Gasteiger partial charge is 0.497 e. The molecule has 0 bridgehead atoms. The van der Waals surface area contributed by atoms with E-state index in [1.54, 1.807) is 14.2 Å². The molecule has 2 N–H and O–H groups in total. The van der Waals surface area contributed by atoms with Crippen molar-refractivity contribution in [2.45, 2.75) is 25.3 Å². The van der Waals surface area contributed by atoms with Gasteiger partial charge in [0.05, 0.1) is 14.2 Å². The molecule has 0 saturated heterocycles. The molecule has 4 rings (SSSR count). The monoisotopic (exact) mass is 400 g/mol. The lowest BCUT2D eigenvalue weighted by Crippen LogP contribution is -2.39. The van der Waals surface area contributed by atoms with E-state index < -0.39 is 0 Å². The molecule has 6 nitrogen and oxygen atoms in total. The fourth-order valence-corrected chi connectivity index (χ4v) is 3.94. The summed E-state index contributed by atoms with van der Waals surface area (Å²) >= 11 is 0. The van der Waals surface area contributed by atoms with Crippen LogP contribution in [0.15, 0.2) is 70.4 Å². The van der Waals surface area contributed by atoms with Crippen molar-refractivity contribution in [1.29, 1.82) is 5.26 Å². The maximum atomic E-state index is 9.15. The van der Waals surface area contributed by atoms with Gasteiger partial charge in [0, 0.05) is 5.70 Å². The average molecular weight is 400 g/mol. The first-order valence-corrected chi connectivity index (χ1v) is 9.93. The molecule has 0 unspecified atom stereocenters. The van der Waals surface area contributed by atoms with Gasteiger partial charge in [-0.2, -0.15) is 5.26 Å². The Kier molecular flexibility index (Phi) is 5.71. The number of nitriles is 1.